The predicted octanol–water partition coefficient (Wildman–Crippen LogP) is 3.75. The van der Waals surface area contributed by atoms with Gasteiger partial charge in [-0.2, -0.15) is 0 Å². The molecule has 114 valence electrons. The van der Waals surface area contributed by atoms with Gasteiger partial charge >= 0.3 is 0 Å². The first-order valence-electron chi connectivity index (χ1n) is 6.84. The molecule has 1 amide bonds. The highest BCUT2D eigenvalue weighted by molar-refractivity contribution is 6.34. The molecule has 1 aromatic heterocycles. The van der Waals surface area contributed by atoms with Crippen molar-refractivity contribution in [3.63, 3.8) is 0 Å². The first kappa shape index (κ1) is 14.5. The summed E-state index contributed by atoms with van der Waals surface area (Å²) in [6.45, 7) is 1.15. The van der Waals surface area contributed by atoms with Crippen molar-refractivity contribution in [2.75, 3.05) is 18.5 Å². The number of carbonyl (C=O) groups is 1. The summed E-state index contributed by atoms with van der Waals surface area (Å²) in [5.41, 5.74) is 0.472. The lowest BCUT2D eigenvalue weighted by Crippen LogP contribution is -2.08. The smallest absolute Gasteiger partial charge is 0.248 e. The lowest BCUT2D eigenvalue weighted by atomic mass is 10.2. The molecule has 2 heterocycles. The molecular weight excluding hydrogens is 306 g/mol. The number of furan rings is 1. The predicted molar refractivity (Wildman–Crippen MR) is 83.4 cm³/mol. The minimum absolute atomic E-state index is 0.312. The van der Waals surface area contributed by atoms with E-state index in [1.54, 1.807) is 30.3 Å². The van der Waals surface area contributed by atoms with E-state index in [0.29, 0.717) is 41.2 Å². The number of fused-ring (bicyclic) bond motifs is 1. The molecule has 22 heavy (non-hydrogen) atoms. The number of anilines is 1. The maximum Gasteiger partial charge on any atom is 0.248 e. The molecule has 5 nitrogen and oxygen atoms in total. The maximum absolute atomic E-state index is 11.9. The summed E-state index contributed by atoms with van der Waals surface area (Å²) in [6, 6.07) is 6.82. The molecule has 0 saturated heterocycles. The molecule has 0 fully saturated rings. The summed E-state index contributed by atoms with van der Waals surface area (Å²) < 4.78 is 16.2. The fourth-order valence-corrected chi connectivity index (χ4v) is 2.20. The summed E-state index contributed by atoms with van der Waals surface area (Å²) in [7, 11) is 0. The molecule has 0 unspecified atom stereocenters. The zero-order valence-corrected chi connectivity index (χ0v) is 12.4. The lowest BCUT2D eigenvalue weighted by molar-refractivity contribution is -0.111. The third kappa shape index (κ3) is 3.43. The molecule has 0 bridgehead atoms. The Labute approximate surface area is 132 Å². The first-order chi connectivity index (χ1) is 10.7. The highest BCUT2D eigenvalue weighted by atomic mass is 35.5. The van der Waals surface area contributed by atoms with Crippen molar-refractivity contribution in [2.24, 2.45) is 0 Å². The zero-order valence-electron chi connectivity index (χ0n) is 11.7. The van der Waals surface area contributed by atoms with Crippen LogP contribution in [0, 0.1) is 0 Å². The molecule has 1 aliphatic rings. The average molecular weight is 320 g/mol. The van der Waals surface area contributed by atoms with E-state index < -0.39 is 0 Å². The molecule has 1 aromatic carbocycles. The van der Waals surface area contributed by atoms with E-state index in [1.807, 2.05) is 0 Å². The van der Waals surface area contributed by atoms with Crippen LogP contribution in [0.2, 0.25) is 5.02 Å². The average Bonchev–Trinajstić information content (AvgIpc) is 2.92. The fraction of sp³-hybridized carbons (Fsp3) is 0.188. The Morgan fingerprint density at radius 3 is 2.73 bits per heavy atom. The monoisotopic (exact) mass is 319 g/mol. The molecule has 6 heteroatoms. The number of halogens is 1. The number of hydrogen-bond acceptors (Lipinski definition) is 4. The summed E-state index contributed by atoms with van der Waals surface area (Å²) in [5, 5.41) is 3.10. The molecule has 2 aromatic rings. The Kier molecular flexibility index (Phi) is 4.34. The van der Waals surface area contributed by atoms with E-state index in [0.717, 1.165) is 6.42 Å². The van der Waals surface area contributed by atoms with Crippen LogP contribution in [-0.4, -0.2) is 19.1 Å². The number of carbonyl (C=O) groups excluding carboxylic acids is 1. The van der Waals surface area contributed by atoms with Gasteiger partial charge in [-0.1, -0.05) is 11.6 Å². The van der Waals surface area contributed by atoms with Crippen molar-refractivity contribution < 1.29 is 18.7 Å². The van der Waals surface area contributed by atoms with Gasteiger partial charge in [-0.25, -0.2) is 0 Å². The van der Waals surface area contributed by atoms with Crippen LogP contribution in [-0.2, 0) is 4.79 Å². The molecule has 0 saturated carbocycles. The van der Waals surface area contributed by atoms with Crippen molar-refractivity contribution in [3.8, 4) is 11.5 Å². The van der Waals surface area contributed by atoms with Crippen LogP contribution < -0.4 is 14.8 Å². The molecular formula is C16H14ClNO4. The topological polar surface area (TPSA) is 60.7 Å². The van der Waals surface area contributed by atoms with Crippen molar-refractivity contribution in [2.45, 2.75) is 6.42 Å². The largest absolute Gasteiger partial charge is 0.490 e. The Bertz CT molecular complexity index is 694. The number of rotatable bonds is 3. The lowest BCUT2D eigenvalue weighted by Gasteiger charge is -2.11. The minimum Gasteiger partial charge on any atom is -0.490 e. The zero-order chi connectivity index (χ0) is 15.4. The van der Waals surface area contributed by atoms with Gasteiger partial charge in [0.05, 0.1) is 30.2 Å². The van der Waals surface area contributed by atoms with Gasteiger partial charge in [-0.15, -0.1) is 0 Å². The van der Waals surface area contributed by atoms with E-state index in [-0.39, 0.29) is 5.91 Å². The Morgan fingerprint density at radius 1 is 1.23 bits per heavy atom. The van der Waals surface area contributed by atoms with Crippen LogP contribution in [0.1, 0.15) is 12.2 Å². The van der Waals surface area contributed by atoms with Gasteiger partial charge in [0.1, 0.15) is 5.76 Å². The number of benzene rings is 1. The highest BCUT2D eigenvalue weighted by Crippen LogP contribution is 2.37. The molecule has 0 radical (unpaired) electrons. The Morgan fingerprint density at radius 2 is 2.00 bits per heavy atom. The van der Waals surface area contributed by atoms with Crippen molar-refractivity contribution in [1.82, 2.24) is 0 Å². The van der Waals surface area contributed by atoms with Crippen LogP contribution in [0.4, 0.5) is 5.69 Å². The van der Waals surface area contributed by atoms with Gasteiger partial charge in [-0.3, -0.25) is 4.79 Å². The number of amides is 1. The molecule has 0 spiro atoms. The van der Waals surface area contributed by atoms with Gasteiger partial charge < -0.3 is 19.2 Å². The van der Waals surface area contributed by atoms with Crippen molar-refractivity contribution in [1.29, 1.82) is 0 Å². The van der Waals surface area contributed by atoms with Crippen LogP contribution in [0.25, 0.3) is 6.08 Å². The summed E-state index contributed by atoms with van der Waals surface area (Å²) >= 11 is 6.17. The first-order valence-corrected chi connectivity index (χ1v) is 7.22. The van der Waals surface area contributed by atoms with Gasteiger partial charge in [0.2, 0.25) is 5.91 Å². The summed E-state index contributed by atoms with van der Waals surface area (Å²) in [4.78, 5) is 11.9. The van der Waals surface area contributed by atoms with Gasteiger partial charge in [0, 0.05) is 24.6 Å². The van der Waals surface area contributed by atoms with Crippen molar-refractivity contribution in [3.05, 3.63) is 47.4 Å². The van der Waals surface area contributed by atoms with Gasteiger partial charge in [0.25, 0.3) is 0 Å². The maximum atomic E-state index is 11.9. The number of hydrogen-bond donors (Lipinski definition) is 1. The SMILES string of the molecule is O=C(/C=C/c1ccco1)Nc1cc2c(cc1Cl)OCCCO2. The van der Waals surface area contributed by atoms with Gasteiger partial charge in [0.15, 0.2) is 11.5 Å². The molecule has 1 N–H and O–H groups in total. The second-order valence-corrected chi connectivity index (χ2v) is 5.07. The molecule has 0 aliphatic carbocycles. The van der Waals surface area contributed by atoms with Gasteiger partial charge in [-0.05, 0) is 18.2 Å². The van der Waals surface area contributed by atoms with E-state index in [1.165, 1.54) is 12.3 Å². The van der Waals surface area contributed by atoms with E-state index in [4.69, 9.17) is 25.5 Å². The number of nitrogens with one attached hydrogen (secondary N) is 1. The standard InChI is InChI=1S/C16H14ClNO4/c17-12-9-14-15(22-8-2-7-21-14)10-13(12)18-16(19)5-4-11-3-1-6-20-11/h1,3-6,9-10H,2,7-8H2,(H,18,19)/b5-4+. The Balaban J connectivity index is 1.74. The van der Waals surface area contributed by atoms with Crippen LogP contribution in [0.15, 0.2) is 41.0 Å². The van der Waals surface area contributed by atoms with Crippen molar-refractivity contribution >= 4 is 29.3 Å². The summed E-state index contributed by atoms with van der Waals surface area (Å²) in [6.07, 6.45) is 5.29. The second-order valence-electron chi connectivity index (χ2n) is 4.67. The summed E-state index contributed by atoms with van der Waals surface area (Å²) in [5.74, 6) is 1.45. The van der Waals surface area contributed by atoms with E-state index in [2.05, 4.69) is 5.32 Å². The second kappa shape index (κ2) is 6.58. The molecule has 1 aliphatic heterocycles. The Hall–Kier alpha value is -2.40. The van der Waals surface area contributed by atoms with Crippen LogP contribution in [0.3, 0.4) is 0 Å². The van der Waals surface area contributed by atoms with Crippen LogP contribution >= 0.6 is 11.6 Å². The third-order valence-corrected chi connectivity index (χ3v) is 3.35. The third-order valence-electron chi connectivity index (χ3n) is 3.04. The van der Waals surface area contributed by atoms with Crippen LogP contribution in [0.5, 0.6) is 11.5 Å². The highest BCUT2D eigenvalue weighted by Gasteiger charge is 2.15. The fourth-order valence-electron chi connectivity index (χ4n) is 2.00. The molecule has 3 rings (SSSR count). The number of ether oxygens (including phenoxy) is 2. The van der Waals surface area contributed by atoms with E-state index >= 15 is 0 Å². The minimum atomic E-state index is -0.312. The normalized spacial score (nSPS) is 13.9. The molecule has 0 atom stereocenters. The van der Waals surface area contributed by atoms with E-state index in [9.17, 15) is 4.79 Å². The quantitative estimate of drug-likeness (QED) is 0.875.